The molecule has 1 fully saturated rings. The van der Waals surface area contributed by atoms with Crippen LogP contribution in [0.2, 0.25) is 5.02 Å². The summed E-state index contributed by atoms with van der Waals surface area (Å²) >= 11 is 6.22. The third-order valence-electron chi connectivity index (χ3n) is 6.38. The van der Waals surface area contributed by atoms with Crippen molar-refractivity contribution in [3.8, 4) is 23.0 Å². The molecule has 0 spiro atoms. The number of halogens is 1. The molecule has 3 aromatic rings. The van der Waals surface area contributed by atoms with Crippen LogP contribution in [0.1, 0.15) is 25.7 Å². The molecule has 39 heavy (non-hydrogen) atoms. The average molecular weight is 575 g/mol. The number of carbonyl (C=O) groups is 1. The Hall–Kier alpha value is -3.63. The van der Waals surface area contributed by atoms with Crippen LogP contribution in [0.4, 0.5) is 11.4 Å². The molecule has 11 heteroatoms. The Kier molecular flexibility index (Phi) is 9.08. The van der Waals surface area contributed by atoms with E-state index in [1.165, 1.54) is 64.5 Å². The number of nitrogens with zero attached hydrogens (tertiary/aromatic N) is 1. The van der Waals surface area contributed by atoms with E-state index in [1.54, 1.807) is 30.3 Å². The Morgan fingerprint density at radius 2 is 1.54 bits per heavy atom. The Labute approximate surface area is 233 Å². The zero-order chi connectivity index (χ0) is 28.0. The van der Waals surface area contributed by atoms with Gasteiger partial charge in [0.15, 0.2) is 11.5 Å². The van der Waals surface area contributed by atoms with Crippen LogP contribution in [-0.2, 0) is 14.8 Å². The maximum atomic E-state index is 13.9. The van der Waals surface area contributed by atoms with E-state index in [0.717, 1.165) is 22.9 Å². The van der Waals surface area contributed by atoms with Gasteiger partial charge >= 0.3 is 0 Å². The molecular formula is C28H31ClN2O7S. The van der Waals surface area contributed by atoms with Gasteiger partial charge in [0.05, 0.1) is 38.0 Å². The number of ether oxygens (including phenoxy) is 4. The summed E-state index contributed by atoms with van der Waals surface area (Å²) in [5, 5.41) is 3.03. The predicted octanol–water partition coefficient (Wildman–Crippen LogP) is 5.52. The SMILES string of the molecule is COc1ccc(S(=O)(=O)N(CC(=O)Nc2ccc(OC3CCCC3)cc2)c2cc(Cl)ccc2OC)cc1OC. The third kappa shape index (κ3) is 6.69. The number of benzene rings is 3. The Bertz CT molecular complexity index is 1410. The maximum absolute atomic E-state index is 13.9. The van der Waals surface area contributed by atoms with Crippen LogP contribution in [0.25, 0.3) is 0 Å². The number of rotatable bonds is 11. The first-order valence-electron chi connectivity index (χ1n) is 12.4. The summed E-state index contributed by atoms with van der Waals surface area (Å²) in [6.45, 7) is -0.548. The average Bonchev–Trinajstić information content (AvgIpc) is 3.45. The second-order valence-corrected chi connectivity index (χ2v) is 11.2. The topological polar surface area (TPSA) is 103 Å². The minimum absolute atomic E-state index is 0.107. The number of sulfonamides is 1. The molecule has 1 aliphatic carbocycles. The van der Waals surface area contributed by atoms with Crippen molar-refractivity contribution in [3.63, 3.8) is 0 Å². The summed E-state index contributed by atoms with van der Waals surface area (Å²) in [7, 11) is -0.0267. The van der Waals surface area contributed by atoms with E-state index in [2.05, 4.69) is 5.32 Å². The lowest BCUT2D eigenvalue weighted by molar-refractivity contribution is -0.114. The van der Waals surface area contributed by atoms with Crippen LogP contribution >= 0.6 is 11.6 Å². The van der Waals surface area contributed by atoms with E-state index < -0.39 is 22.5 Å². The molecule has 208 valence electrons. The van der Waals surface area contributed by atoms with Crippen molar-refractivity contribution in [2.24, 2.45) is 0 Å². The summed E-state index contributed by atoms with van der Waals surface area (Å²) in [6, 6.07) is 15.7. The molecular weight excluding hydrogens is 544 g/mol. The molecule has 0 aromatic heterocycles. The first-order chi connectivity index (χ1) is 18.7. The minimum Gasteiger partial charge on any atom is -0.495 e. The largest absolute Gasteiger partial charge is 0.495 e. The lowest BCUT2D eigenvalue weighted by Crippen LogP contribution is -2.38. The molecule has 3 aromatic carbocycles. The van der Waals surface area contributed by atoms with Crippen LogP contribution < -0.4 is 28.6 Å². The molecule has 1 amide bonds. The van der Waals surface area contributed by atoms with Crippen LogP contribution in [0, 0.1) is 0 Å². The Balaban J connectivity index is 1.62. The minimum atomic E-state index is -4.29. The van der Waals surface area contributed by atoms with Crippen molar-refractivity contribution >= 4 is 38.9 Å². The molecule has 0 radical (unpaired) electrons. The highest BCUT2D eigenvalue weighted by atomic mass is 35.5. The summed E-state index contributed by atoms with van der Waals surface area (Å²) < 4.78 is 50.7. The number of hydrogen-bond donors (Lipinski definition) is 1. The molecule has 0 unspecified atom stereocenters. The highest BCUT2D eigenvalue weighted by molar-refractivity contribution is 7.92. The van der Waals surface area contributed by atoms with Gasteiger partial charge in [-0.15, -0.1) is 0 Å². The van der Waals surface area contributed by atoms with Gasteiger partial charge in [-0.25, -0.2) is 8.42 Å². The lowest BCUT2D eigenvalue weighted by atomic mass is 10.2. The predicted molar refractivity (Wildman–Crippen MR) is 150 cm³/mol. The quantitative estimate of drug-likeness (QED) is 0.321. The molecule has 0 aliphatic heterocycles. The monoisotopic (exact) mass is 574 g/mol. The van der Waals surface area contributed by atoms with Gasteiger partial charge in [0.2, 0.25) is 5.91 Å². The molecule has 0 atom stereocenters. The highest BCUT2D eigenvalue weighted by Crippen LogP contribution is 2.37. The van der Waals surface area contributed by atoms with Gasteiger partial charge in [-0.2, -0.15) is 0 Å². The van der Waals surface area contributed by atoms with Crippen molar-refractivity contribution < 1.29 is 32.2 Å². The first-order valence-corrected chi connectivity index (χ1v) is 14.2. The summed E-state index contributed by atoms with van der Waals surface area (Å²) in [5.74, 6) is 0.971. The summed E-state index contributed by atoms with van der Waals surface area (Å²) in [6.07, 6.45) is 4.62. The molecule has 4 rings (SSSR count). The fourth-order valence-corrected chi connectivity index (χ4v) is 6.01. The third-order valence-corrected chi connectivity index (χ3v) is 8.37. The normalized spacial score (nSPS) is 13.5. The van der Waals surface area contributed by atoms with Crippen molar-refractivity contribution in [3.05, 3.63) is 65.7 Å². The number of anilines is 2. The number of methoxy groups -OCH3 is 3. The van der Waals surface area contributed by atoms with Crippen molar-refractivity contribution in [1.82, 2.24) is 0 Å². The van der Waals surface area contributed by atoms with Crippen LogP contribution in [0.15, 0.2) is 65.6 Å². The van der Waals surface area contributed by atoms with Crippen LogP contribution in [0.5, 0.6) is 23.0 Å². The first kappa shape index (κ1) is 28.4. The number of hydrogen-bond acceptors (Lipinski definition) is 7. The zero-order valence-electron chi connectivity index (χ0n) is 22.0. The second kappa shape index (κ2) is 12.5. The highest BCUT2D eigenvalue weighted by Gasteiger charge is 2.31. The Morgan fingerprint density at radius 1 is 0.897 bits per heavy atom. The smallest absolute Gasteiger partial charge is 0.265 e. The molecule has 9 nitrogen and oxygen atoms in total. The number of carbonyl (C=O) groups excluding carboxylic acids is 1. The van der Waals surface area contributed by atoms with Crippen molar-refractivity contribution in [2.45, 2.75) is 36.7 Å². The van der Waals surface area contributed by atoms with E-state index >= 15 is 0 Å². The van der Waals surface area contributed by atoms with Crippen molar-refractivity contribution in [2.75, 3.05) is 37.5 Å². The molecule has 0 heterocycles. The molecule has 0 bridgehead atoms. The van der Waals surface area contributed by atoms with Crippen LogP contribution in [0.3, 0.4) is 0 Å². The lowest BCUT2D eigenvalue weighted by Gasteiger charge is -2.26. The second-order valence-electron chi connectivity index (χ2n) is 8.94. The van der Waals surface area contributed by atoms with Crippen molar-refractivity contribution in [1.29, 1.82) is 0 Å². The van der Waals surface area contributed by atoms with Crippen LogP contribution in [-0.4, -0.2) is 48.3 Å². The Morgan fingerprint density at radius 3 is 2.18 bits per heavy atom. The summed E-state index contributed by atoms with van der Waals surface area (Å²) in [5.41, 5.74) is 0.607. The van der Waals surface area contributed by atoms with Gasteiger partial charge in [-0.1, -0.05) is 11.6 Å². The molecule has 1 N–H and O–H groups in total. The summed E-state index contributed by atoms with van der Waals surface area (Å²) in [4.78, 5) is 13.1. The fraction of sp³-hybridized carbons (Fsp3) is 0.321. The van der Waals surface area contributed by atoms with E-state index in [4.69, 9.17) is 30.5 Å². The van der Waals surface area contributed by atoms with Gasteiger partial charge in [0.1, 0.15) is 18.0 Å². The van der Waals surface area contributed by atoms with E-state index in [1.807, 2.05) is 0 Å². The van der Waals surface area contributed by atoms with E-state index in [-0.39, 0.29) is 33.2 Å². The number of nitrogens with one attached hydrogen (secondary N) is 1. The zero-order valence-corrected chi connectivity index (χ0v) is 23.5. The van der Waals surface area contributed by atoms with E-state index in [0.29, 0.717) is 11.4 Å². The van der Waals surface area contributed by atoms with E-state index in [9.17, 15) is 13.2 Å². The van der Waals surface area contributed by atoms with Gasteiger partial charge in [-0.05, 0) is 80.3 Å². The van der Waals surface area contributed by atoms with Gasteiger partial charge in [0.25, 0.3) is 10.0 Å². The number of amides is 1. The molecule has 0 saturated heterocycles. The van der Waals surface area contributed by atoms with Gasteiger partial charge < -0.3 is 24.3 Å². The van der Waals surface area contributed by atoms with Gasteiger partial charge in [0, 0.05) is 16.8 Å². The molecule has 1 aliphatic rings. The maximum Gasteiger partial charge on any atom is 0.265 e. The fourth-order valence-electron chi connectivity index (χ4n) is 4.41. The molecule has 1 saturated carbocycles. The van der Waals surface area contributed by atoms with Gasteiger partial charge in [-0.3, -0.25) is 9.10 Å². The standard InChI is InChI=1S/C28H31ClN2O7S/c1-35-25-14-8-19(29)16-24(25)31(39(33,34)23-13-15-26(36-2)27(17-23)37-3)18-28(32)30-20-9-11-22(12-10-20)38-21-6-4-5-7-21/h8-17,21H,4-7,18H2,1-3H3,(H,30,32).